The number of nitrogens with one attached hydrogen (secondary N) is 2. The van der Waals surface area contributed by atoms with Crippen molar-refractivity contribution < 1.29 is 14.6 Å². The van der Waals surface area contributed by atoms with Crippen LogP contribution in [0, 0.1) is 0 Å². The summed E-state index contributed by atoms with van der Waals surface area (Å²) in [5.74, 6) is 1.45. The molecule has 0 saturated carbocycles. The van der Waals surface area contributed by atoms with Gasteiger partial charge in [0.1, 0.15) is 11.5 Å². The summed E-state index contributed by atoms with van der Waals surface area (Å²) in [6, 6.07) is 22.1. The van der Waals surface area contributed by atoms with Gasteiger partial charge in [-0.2, -0.15) is 5.10 Å². The highest BCUT2D eigenvalue weighted by molar-refractivity contribution is 6.00. The number of aliphatic hydroxyl groups is 1. The molecule has 0 bridgehead atoms. The average Bonchev–Trinajstić information content (AvgIpc) is 3.27. The van der Waals surface area contributed by atoms with Crippen LogP contribution in [0.15, 0.2) is 79.0 Å². The number of para-hydroxylation sites is 1. The van der Waals surface area contributed by atoms with Gasteiger partial charge >= 0.3 is 6.03 Å². The number of nitrogens with zero attached hydrogens (tertiary/aromatic N) is 3. The van der Waals surface area contributed by atoms with E-state index in [2.05, 4.69) is 20.6 Å². The van der Waals surface area contributed by atoms with E-state index >= 15 is 0 Å². The highest BCUT2D eigenvalue weighted by Gasteiger charge is 2.17. The van der Waals surface area contributed by atoms with Crippen molar-refractivity contribution in [3.8, 4) is 11.5 Å². The molecule has 3 aromatic carbocycles. The molecule has 35 heavy (non-hydrogen) atoms. The third kappa shape index (κ3) is 6.17. The summed E-state index contributed by atoms with van der Waals surface area (Å²) in [5, 5.41) is 21.2. The van der Waals surface area contributed by atoms with Crippen molar-refractivity contribution in [3.05, 3.63) is 79.0 Å². The normalized spacial score (nSPS) is 16.2. The number of ether oxygens (including phenoxy) is 1. The van der Waals surface area contributed by atoms with E-state index in [0.717, 1.165) is 55.7 Å². The molecule has 1 aromatic heterocycles. The van der Waals surface area contributed by atoms with Crippen LogP contribution >= 0.6 is 0 Å². The van der Waals surface area contributed by atoms with Crippen LogP contribution in [0.4, 0.5) is 16.2 Å². The lowest BCUT2D eigenvalue weighted by molar-refractivity contribution is 0.0684. The average molecular weight is 472 g/mol. The zero-order valence-corrected chi connectivity index (χ0v) is 19.4. The van der Waals surface area contributed by atoms with Crippen LogP contribution in [0.2, 0.25) is 0 Å². The Hall–Kier alpha value is -3.88. The minimum atomic E-state index is -0.322. The van der Waals surface area contributed by atoms with Crippen molar-refractivity contribution in [3.63, 3.8) is 0 Å². The lowest BCUT2D eigenvalue weighted by atomic mass is 10.1. The maximum Gasteiger partial charge on any atom is 0.323 e. The summed E-state index contributed by atoms with van der Waals surface area (Å²) in [6.45, 7) is 3.36. The molecule has 1 atom stereocenters. The number of fused-ring (bicyclic) bond motifs is 1. The first-order chi connectivity index (χ1) is 17.1. The number of hydrogen-bond donors (Lipinski definition) is 3. The van der Waals surface area contributed by atoms with Crippen molar-refractivity contribution in [2.45, 2.75) is 25.5 Å². The predicted octanol–water partition coefficient (Wildman–Crippen LogP) is 4.93. The Kier molecular flexibility index (Phi) is 6.92. The fraction of sp³-hybridized carbons (Fsp3) is 0.259. The zero-order chi connectivity index (χ0) is 24.0. The first-order valence-corrected chi connectivity index (χ1v) is 11.9. The molecule has 8 nitrogen and oxygen atoms in total. The van der Waals surface area contributed by atoms with Crippen LogP contribution in [-0.4, -0.2) is 51.6 Å². The first-order valence-electron chi connectivity index (χ1n) is 11.9. The van der Waals surface area contributed by atoms with E-state index in [-0.39, 0.29) is 12.1 Å². The summed E-state index contributed by atoms with van der Waals surface area (Å²) in [5.41, 5.74) is 2.24. The molecule has 0 radical (unpaired) electrons. The molecule has 2 heterocycles. The van der Waals surface area contributed by atoms with Crippen molar-refractivity contribution in [1.82, 2.24) is 14.7 Å². The van der Waals surface area contributed by atoms with Gasteiger partial charge in [-0.25, -0.2) is 4.79 Å². The molecule has 1 fully saturated rings. The van der Waals surface area contributed by atoms with E-state index < -0.39 is 0 Å². The number of urea groups is 1. The maximum atomic E-state index is 12.5. The van der Waals surface area contributed by atoms with Gasteiger partial charge in [0, 0.05) is 36.0 Å². The fourth-order valence-corrected chi connectivity index (χ4v) is 4.27. The summed E-state index contributed by atoms with van der Waals surface area (Å²) in [4.78, 5) is 14.8. The Balaban J connectivity index is 1.15. The molecule has 0 spiro atoms. The largest absolute Gasteiger partial charge is 0.457 e. The number of anilines is 2. The molecule has 180 valence electrons. The molecule has 1 aliphatic heterocycles. The van der Waals surface area contributed by atoms with Gasteiger partial charge < -0.3 is 20.5 Å². The lowest BCUT2D eigenvalue weighted by Gasteiger charge is -2.29. The SMILES string of the molecule is O=C(Nc1ccc(Oc2ccccc2)cc1)Nc1ccc2nn(CCN3CCCC(O)C3)cc2c1. The van der Waals surface area contributed by atoms with E-state index in [4.69, 9.17) is 4.74 Å². The minimum Gasteiger partial charge on any atom is -0.457 e. The smallest absolute Gasteiger partial charge is 0.323 e. The first kappa shape index (κ1) is 22.9. The van der Waals surface area contributed by atoms with Crippen LogP contribution in [0.5, 0.6) is 11.5 Å². The van der Waals surface area contributed by atoms with Crippen LogP contribution in [0.1, 0.15) is 12.8 Å². The third-order valence-electron chi connectivity index (χ3n) is 6.03. The topological polar surface area (TPSA) is 91.7 Å². The second kappa shape index (κ2) is 10.6. The summed E-state index contributed by atoms with van der Waals surface area (Å²) in [7, 11) is 0. The van der Waals surface area contributed by atoms with Gasteiger partial charge in [-0.1, -0.05) is 18.2 Å². The summed E-state index contributed by atoms with van der Waals surface area (Å²) in [6.07, 6.45) is 3.69. The Morgan fingerprint density at radius 1 is 0.971 bits per heavy atom. The number of amides is 2. The third-order valence-corrected chi connectivity index (χ3v) is 6.03. The summed E-state index contributed by atoms with van der Waals surface area (Å²) >= 11 is 0. The predicted molar refractivity (Wildman–Crippen MR) is 137 cm³/mol. The molecule has 0 aliphatic carbocycles. The lowest BCUT2D eigenvalue weighted by Crippen LogP contribution is -2.39. The number of aliphatic hydroxyl groups excluding tert-OH is 1. The van der Waals surface area contributed by atoms with Crippen molar-refractivity contribution in [1.29, 1.82) is 0 Å². The zero-order valence-electron chi connectivity index (χ0n) is 19.4. The molecule has 1 unspecified atom stereocenters. The fourth-order valence-electron chi connectivity index (χ4n) is 4.27. The molecule has 8 heteroatoms. The highest BCUT2D eigenvalue weighted by Crippen LogP contribution is 2.23. The monoisotopic (exact) mass is 471 g/mol. The minimum absolute atomic E-state index is 0.221. The molecule has 4 aromatic rings. The van der Waals surface area contributed by atoms with Gasteiger partial charge in [-0.15, -0.1) is 0 Å². The number of rotatable bonds is 7. The number of β-amino-alcohol motifs (C(OH)–C–C–N with tert-alkyl or cyclic N) is 1. The van der Waals surface area contributed by atoms with Gasteiger partial charge in [-0.3, -0.25) is 9.58 Å². The number of hydrogen-bond acceptors (Lipinski definition) is 5. The van der Waals surface area contributed by atoms with Crippen molar-refractivity contribution >= 4 is 28.3 Å². The van der Waals surface area contributed by atoms with E-state index in [1.165, 1.54) is 0 Å². The molecule has 2 amide bonds. The second-order valence-corrected chi connectivity index (χ2v) is 8.78. The van der Waals surface area contributed by atoms with Crippen molar-refractivity contribution in [2.75, 3.05) is 30.3 Å². The van der Waals surface area contributed by atoms with Gasteiger partial charge in [0.2, 0.25) is 0 Å². The van der Waals surface area contributed by atoms with Gasteiger partial charge in [0.15, 0.2) is 0 Å². The standard InChI is InChI=1S/C27H29N5O3/c33-23-5-4-14-31(19-23)15-16-32-18-20-17-22(10-13-26(20)30-32)29-27(34)28-21-8-11-25(12-9-21)35-24-6-2-1-3-7-24/h1-3,6-13,17-18,23,33H,4-5,14-16,19H2,(H2,28,29,34). The van der Waals surface area contributed by atoms with E-state index in [9.17, 15) is 9.90 Å². The van der Waals surface area contributed by atoms with E-state index in [0.29, 0.717) is 17.1 Å². The van der Waals surface area contributed by atoms with Crippen LogP contribution < -0.4 is 15.4 Å². The molecular formula is C27H29N5O3. The molecule has 3 N–H and O–H groups in total. The number of piperidine rings is 1. The Morgan fingerprint density at radius 2 is 1.71 bits per heavy atom. The van der Waals surface area contributed by atoms with Crippen LogP contribution in [0.25, 0.3) is 10.9 Å². The second-order valence-electron chi connectivity index (χ2n) is 8.78. The van der Waals surface area contributed by atoms with E-state index in [1.54, 1.807) is 12.1 Å². The van der Waals surface area contributed by atoms with Gasteiger partial charge in [-0.05, 0) is 74.0 Å². The number of aromatic nitrogens is 2. The highest BCUT2D eigenvalue weighted by atomic mass is 16.5. The van der Waals surface area contributed by atoms with Gasteiger partial charge in [0.25, 0.3) is 0 Å². The van der Waals surface area contributed by atoms with Crippen LogP contribution in [-0.2, 0) is 6.54 Å². The summed E-state index contributed by atoms with van der Waals surface area (Å²) < 4.78 is 7.71. The Labute approximate surface area is 204 Å². The van der Waals surface area contributed by atoms with Gasteiger partial charge in [0.05, 0.1) is 18.2 Å². The Morgan fingerprint density at radius 3 is 2.51 bits per heavy atom. The number of benzene rings is 3. The quantitative estimate of drug-likeness (QED) is 0.356. The van der Waals surface area contributed by atoms with Crippen LogP contribution in [0.3, 0.4) is 0 Å². The van der Waals surface area contributed by atoms with Crippen molar-refractivity contribution in [2.24, 2.45) is 0 Å². The maximum absolute atomic E-state index is 12.5. The number of carbonyl (C=O) groups is 1. The Bertz CT molecular complexity index is 1270. The molecule has 1 aliphatic rings. The van der Waals surface area contributed by atoms with E-state index in [1.807, 2.05) is 71.5 Å². The molecular weight excluding hydrogens is 442 g/mol. The number of likely N-dealkylation sites (tertiary alicyclic amines) is 1. The molecule has 1 saturated heterocycles. The molecule has 5 rings (SSSR count). The number of carbonyl (C=O) groups excluding carboxylic acids is 1.